The average Bonchev–Trinajstić information content (AvgIpc) is 2.93. The molecule has 0 bridgehead atoms. The number of amides is 1. The maximum absolute atomic E-state index is 13.2. The van der Waals surface area contributed by atoms with Crippen molar-refractivity contribution in [1.82, 2.24) is 14.4 Å². The molecular weight excluding hydrogens is 406 g/mol. The molecule has 30 heavy (non-hydrogen) atoms. The van der Waals surface area contributed by atoms with Crippen LogP contribution in [0.15, 0.2) is 24.3 Å². The Morgan fingerprint density at radius 2 is 1.67 bits per heavy atom. The standard InChI is InChI=1S/C22H28ClN3O4/c1-14-19(15(2)25(5)20(14)22(29)30-6)18(27)13-26(12-11-24(3)4)21(28)16-7-9-17(23)10-8-16/h7-10H,11-13H2,1-6H3. The first-order valence-corrected chi connectivity index (χ1v) is 9.93. The van der Waals surface area contributed by atoms with Crippen LogP contribution in [0.25, 0.3) is 0 Å². The van der Waals surface area contributed by atoms with Gasteiger partial charge in [-0.3, -0.25) is 9.59 Å². The number of carbonyl (C=O) groups excluding carboxylic acids is 3. The number of nitrogens with zero attached hydrogens (tertiary/aromatic N) is 3. The number of halogens is 1. The van der Waals surface area contributed by atoms with Crippen LogP contribution in [0.1, 0.15) is 42.5 Å². The van der Waals surface area contributed by atoms with Crippen LogP contribution < -0.4 is 0 Å². The van der Waals surface area contributed by atoms with E-state index in [0.717, 1.165) is 0 Å². The van der Waals surface area contributed by atoms with E-state index in [-0.39, 0.29) is 18.2 Å². The third kappa shape index (κ3) is 5.09. The van der Waals surface area contributed by atoms with Crippen LogP contribution in [0, 0.1) is 13.8 Å². The van der Waals surface area contributed by atoms with Crippen molar-refractivity contribution in [1.29, 1.82) is 0 Å². The van der Waals surface area contributed by atoms with Gasteiger partial charge in [0.2, 0.25) is 0 Å². The molecule has 0 aliphatic rings. The molecule has 0 atom stereocenters. The first kappa shape index (κ1) is 23.6. The summed E-state index contributed by atoms with van der Waals surface area (Å²) in [5.74, 6) is -0.975. The normalized spacial score (nSPS) is 10.9. The second-order valence-corrected chi connectivity index (χ2v) is 7.88. The van der Waals surface area contributed by atoms with Crippen molar-refractivity contribution in [2.75, 3.05) is 40.8 Å². The summed E-state index contributed by atoms with van der Waals surface area (Å²) in [5.41, 5.74) is 2.45. The van der Waals surface area contributed by atoms with E-state index in [0.29, 0.717) is 46.2 Å². The summed E-state index contributed by atoms with van der Waals surface area (Å²) in [6.45, 7) is 4.39. The third-order valence-electron chi connectivity index (χ3n) is 5.12. The van der Waals surface area contributed by atoms with E-state index >= 15 is 0 Å². The van der Waals surface area contributed by atoms with Crippen molar-refractivity contribution in [2.45, 2.75) is 13.8 Å². The highest BCUT2D eigenvalue weighted by molar-refractivity contribution is 6.30. The van der Waals surface area contributed by atoms with Crippen molar-refractivity contribution >= 4 is 29.3 Å². The molecular formula is C22H28ClN3O4. The predicted molar refractivity (Wildman–Crippen MR) is 116 cm³/mol. The molecule has 0 fully saturated rings. The number of methoxy groups -OCH3 is 1. The van der Waals surface area contributed by atoms with Gasteiger partial charge < -0.3 is 19.1 Å². The molecule has 7 nitrogen and oxygen atoms in total. The fourth-order valence-electron chi connectivity index (χ4n) is 3.37. The van der Waals surface area contributed by atoms with Crippen LogP contribution in [0.5, 0.6) is 0 Å². The lowest BCUT2D eigenvalue weighted by molar-refractivity contribution is 0.0588. The topological polar surface area (TPSA) is 71.9 Å². The van der Waals surface area contributed by atoms with Gasteiger partial charge in [-0.15, -0.1) is 0 Å². The summed E-state index contributed by atoms with van der Waals surface area (Å²) in [5, 5.41) is 0.536. The van der Waals surface area contributed by atoms with Crippen molar-refractivity contribution in [3.8, 4) is 0 Å². The van der Waals surface area contributed by atoms with Gasteiger partial charge in [0.15, 0.2) is 5.78 Å². The number of esters is 1. The highest BCUT2D eigenvalue weighted by atomic mass is 35.5. The number of ketones is 1. The summed E-state index contributed by atoms with van der Waals surface area (Å²) in [7, 11) is 6.83. The summed E-state index contributed by atoms with van der Waals surface area (Å²) >= 11 is 5.93. The lowest BCUT2D eigenvalue weighted by Gasteiger charge is -2.24. The van der Waals surface area contributed by atoms with Gasteiger partial charge >= 0.3 is 5.97 Å². The summed E-state index contributed by atoms with van der Waals surface area (Å²) in [6.07, 6.45) is 0. The molecule has 0 unspecified atom stereocenters. The van der Waals surface area contributed by atoms with E-state index in [1.807, 2.05) is 19.0 Å². The fourth-order valence-corrected chi connectivity index (χ4v) is 3.50. The molecule has 0 saturated carbocycles. The van der Waals surface area contributed by atoms with Crippen molar-refractivity contribution < 1.29 is 19.1 Å². The molecule has 1 aromatic carbocycles. The molecule has 2 aromatic rings. The zero-order chi connectivity index (χ0) is 22.6. The molecule has 1 heterocycles. The van der Waals surface area contributed by atoms with Crippen LogP contribution >= 0.6 is 11.6 Å². The third-order valence-corrected chi connectivity index (χ3v) is 5.37. The number of carbonyl (C=O) groups is 3. The second kappa shape index (κ2) is 9.91. The molecule has 2 rings (SSSR count). The van der Waals surface area contributed by atoms with Crippen LogP contribution in [0.2, 0.25) is 5.02 Å². The molecule has 0 spiro atoms. The van der Waals surface area contributed by atoms with Gasteiger partial charge in [0, 0.05) is 42.0 Å². The monoisotopic (exact) mass is 433 g/mol. The number of benzene rings is 1. The number of hydrogen-bond acceptors (Lipinski definition) is 5. The lowest BCUT2D eigenvalue weighted by atomic mass is 10.0. The fraction of sp³-hybridized carbons (Fsp3) is 0.409. The van der Waals surface area contributed by atoms with Gasteiger partial charge in [-0.05, 0) is 57.8 Å². The van der Waals surface area contributed by atoms with Crippen LogP contribution in [-0.2, 0) is 11.8 Å². The van der Waals surface area contributed by atoms with Crippen molar-refractivity contribution in [2.24, 2.45) is 7.05 Å². The molecule has 1 amide bonds. The Morgan fingerprint density at radius 3 is 2.20 bits per heavy atom. The molecule has 0 aliphatic heterocycles. The van der Waals surface area contributed by atoms with Gasteiger partial charge in [0.25, 0.3) is 5.91 Å². The number of ether oxygens (including phenoxy) is 1. The second-order valence-electron chi connectivity index (χ2n) is 7.44. The molecule has 0 saturated heterocycles. The maximum atomic E-state index is 13.2. The van der Waals surface area contributed by atoms with E-state index in [2.05, 4.69) is 0 Å². The van der Waals surface area contributed by atoms with Crippen molar-refractivity contribution in [3.05, 3.63) is 57.4 Å². The number of rotatable bonds is 8. The minimum atomic E-state index is -0.501. The molecule has 162 valence electrons. The Kier molecular flexibility index (Phi) is 7.81. The Labute approximate surface area is 182 Å². The highest BCUT2D eigenvalue weighted by Gasteiger charge is 2.27. The highest BCUT2D eigenvalue weighted by Crippen LogP contribution is 2.23. The van der Waals surface area contributed by atoms with Gasteiger partial charge in [-0.2, -0.15) is 0 Å². The largest absolute Gasteiger partial charge is 0.464 e. The lowest BCUT2D eigenvalue weighted by Crippen LogP contribution is -2.40. The number of hydrogen-bond donors (Lipinski definition) is 0. The minimum Gasteiger partial charge on any atom is -0.464 e. The van der Waals surface area contributed by atoms with Crippen LogP contribution in [0.4, 0.5) is 0 Å². The molecule has 0 N–H and O–H groups in total. The first-order valence-electron chi connectivity index (χ1n) is 9.55. The quantitative estimate of drug-likeness (QED) is 0.472. The van der Waals surface area contributed by atoms with Gasteiger partial charge in [0.05, 0.1) is 13.7 Å². The van der Waals surface area contributed by atoms with Gasteiger partial charge in [0.1, 0.15) is 5.69 Å². The summed E-state index contributed by atoms with van der Waals surface area (Å²) in [6, 6.07) is 6.59. The number of aromatic nitrogens is 1. The number of Topliss-reactive ketones (excluding diaryl/α,β-unsaturated/α-hetero) is 1. The van der Waals surface area contributed by atoms with Gasteiger partial charge in [-0.25, -0.2) is 4.79 Å². The van der Waals surface area contributed by atoms with E-state index in [4.69, 9.17) is 16.3 Å². The SMILES string of the molecule is COC(=O)c1c(C)c(C(=O)CN(CCN(C)C)C(=O)c2ccc(Cl)cc2)c(C)n1C. The summed E-state index contributed by atoms with van der Waals surface area (Å²) in [4.78, 5) is 41.9. The van der Waals surface area contributed by atoms with Gasteiger partial charge in [-0.1, -0.05) is 11.6 Å². The van der Waals surface area contributed by atoms with E-state index < -0.39 is 5.97 Å². The molecule has 1 aromatic heterocycles. The average molecular weight is 434 g/mol. The number of likely N-dealkylation sites (N-methyl/N-ethyl adjacent to an activating group) is 1. The van der Waals surface area contributed by atoms with E-state index in [1.54, 1.807) is 49.7 Å². The Morgan fingerprint density at radius 1 is 1.07 bits per heavy atom. The summed E-state index contributed by atoms with van der Waals surface area (Å²) < 4.78 is 6.50. The van der Waals surface area contributed by atoms with Crippen LogP contribution in [0.3, 0.4) is 0 Å². The molecule has 0 aliphatic carbocycles. The predicted octanol–water partition coefficient (Wildman–Crippen LogP) is 2.97. The Hall–Kier alpha value is -2.64. The Balaban J connectivity index is 2.36. The molecule has 8 heteroatoms. The first-order chi connectivity index (χ1) is 14.1. The van der Waals surface area contributed by atoms with E-state index in [9.17, 15) is 14.4 Å². The Bertz CT molecular complexity index is 948. The molecule has 0 radical (unpaired) electrons. The zero-order valence-electron chi connectivity index (χ0n) is 18.3. The zero-order valence-corrected chi connectivity index (χ0v) is 19.0. The van der Waals surface area contributed by atoms with Crippen LogP contribution in [-0.4, -0.2) is 72.9 Å². The van der Waals surface area contributed by atoms with Crippen molar-refractivity contribution in [3.63, 3.8) is 0 Å². The minimum absolute atomic E-state index is 0.0956. The smallest absolute Gasteiger partial charge is 0.354 e. The van der Waals surface area contributed by atoms with E-state index in [1.165, 1.54) is 12.0 Å². The maximum Gasteiger partial charge on any atom is 0.354 e.